The first-order valence-electron chi connectivity index (χ1n) is 14.9. The van der Waals surface area contributed by atoms with Crippen LogP contribution in [0, 0.1) is 22.7 Å². The summed E-state index contributed by atoms with van der Waals surface area (Å²) in [6.07, 6.45) is -4.38. The Morgan fingerprint density at radius 2 is 1.41 bits per heavy atom. The number of alkyl halides is 6. The highest BCUT2D eigenvalue weighted by Gasteiger charge is 2.71. The summed E-state index contributed by atoms with van der Waals surface area (Å²) in [4.78, 5) is 12.8. The van der Waals surface area contributed by atoms with Gasteiger partial charge in [0.05, 0.1) is 5.60 Å². The molecule has 0 N–H and O–H groups in total. The predicted molar refractivity (Wildman–Crippen MR) is 157 cm³/mol. The third-order valence-corrected chi connectivity index (χ3v) is 11.2. The number of ketones is 1. The molecule has 0 bridgehead atoms. The summed E-state index contributed by atoms with van der Waals surface area (Å²) in [6.45, 7) is 18.5. The zero-order chi connectivity index (χ0) is 31.9. The van der Waals surface area contributed by atoms with Crippen molar-refractivity contribution in [3.05, 3.63) is 12.2 Å². The molecule has 0 saturated heterocycles. The van der Waals surface area contributed by atoms with E-state index in [0.717, 1.165) is 38.2 Å². The number of fused-ring (bicyclic) bond motifs is 1. The lowest BCUT2D eigenvalue weighted by molar-refractivity contribution is -0.340. The second-order valence-corrected chi connectivity index (χ2v) is 24.4. The quantitative estimate of drug-likeness (QED) is 0.122. The molecular weight excluding hydrogens is 578 g/mol. The zero-order valence-corrected chi connectivity index (χ0v) is 28.7. The normalized spacial score (nSPS) is 26.9. The Balaban J connectivity index is 2.48. The minimum Gasteiger partial charge on any atom is -0.413 e. The second kappa shape index (κ2) is 12.0. The summed E-state index contributed by atoms with van der Waals surface area (Å²) in [5.41, 5.74) is -5.67. The summed E-state index contributed by atoms with van der Waals surface area (Å²) >= 11 is 0. The van der Waals surface area contributed by atoms with E-state index in [9.17, 15) is 31.1 Å². The van der Waals surface area contributed by atoms with Gasteiger partial charge in [0, 0.05) is 12.3 Å². The molecular formula is C30H52F6O3Si2. The number of rotatable bonds is 12. The van der Waals surface area contributed by atoms with Crippen molar-refractivity contribution in [2.45, 2.75) is 148 Å². The van der Waals surface area contributed by atoms with E-state index in [0.29, 0.717) is 19.3 Å². The van der Waals surface area contributed by atoms with Crippen LogP contribution in [-0.2, 0) is 13.6 Å². The minimum absolute atomic E-state index is 0.000922. The largest absolute Gasteiger partial charge is 0.429 e. The smallest absolute Gasteiger partial charge is 0.413 e. The van der Waals surface area contributed by atoms with Crippen LogP contribution in [-0.4, -0.2) is 46.0 Å². The van der Waals surface area contributed by atoms with Crippen molar-refractivity contribution < 1.29 is 40.0 Å². The van der Waals surface area contributed by atoms with Gasteiger partial charge in [0.1, 0.15) is 5.78 Å². The van der Waals surface area contributed by atoms with Crippen LogP contribution in [0.15, 0.2) is 12.2 Å². The van der Waals surface area contributed by atoms with Crippen LogP contribution in [0.1, 0.15) is 85.5 Å². The zero-order valence-electron chi connectivity index (χ0n) is 26.7. The lowest BCUT2D eigenvalue weighted by Crippen LogP contribution is -2.61. The van der Waals surface area contributed by atoms with Crippen molar-refractivity contribution in [1.82, 2.24) is 0 Å². The molecule has 2 aliphatic rings. The number of hydrogen-bond acceptors (Lipinski definition) is 3. The average Bonchev–Trinajstić information content (AvgIpc) is 3.07. The van der Waals surface area contributed by atoms with E-state index >= 15 is 0 Å². The lowest BCUT2D eigenvalue weighted by atomic mass is 9.56. The molecule has 41 heavy (non-hydrogen) atoms. The van der Waals surface area contributed by atoms with Crippen molar-refractivity contribution in [1.29, 1.82) is 0 Å². The van der Waals surface area contributed by atoms with E-state index in [4.69, 9.17) is 8.85 Å². The highest BCUT2D eigenvalue weighted by atomic mass is 28.4. The maximum absolute atomic E-state index is 14.2. The summed E-state index contributed by atoms with van der Waals surface area (Å²) in [5.74, 6) is 0.135. The molecule has 3 nitrogen and oxygen atoms in total. The molecule has 11 heteroatoms. The lowest BCUT2D eigenvalue weighted by Gasteiger charge is -2.48. The highest BCUT2D eigenvalue weighted by molar-refractivity contribution is 6.70. The molecule has 4 atom stereocenters. The van der Waals surface area contributed by atoms with Crippen LogP contribution in [0.4, 0.5) is 26.3 Å². The summed E-state index contributed by atoms with van der Waals surface area (Å²) in [5, 5.41) is 0. The monoisotopic (exact) mass is 630 g/mol. The van der Waals surface area contributed by atoms with E-state index < -0.39 is 45.6 Å². The molecule has 3 unspecified atom stereocenters. The second-order valence-electron chi connectivity index (χ2n) is 15.5. The van der Waals surface area contributed by atoms with Gasteiger partial charge in [0.2, 0.25) is 0 Å². The number of hydrogen-bond donors (Lipinski definition) is 0. The molecule has 0 radical (unpaired) electrons. The third kappa shape index (κ3) is 8.72. The fraction of sp³-hybridized carbons (Fsp3) is 0.900. The van der Waals surface area contributed by atoms with Gasteiger partial charge in [-0.3, -0.25) is 4.79 Å². The Bertz CT molecular complexity index is 934. The number of allylic oxidation sites excluding steroid dienone is 1. The molecule has 2 fully saturated rings. The first-order chi connectivity index (χ1) is 18.2. The maximum Gasteiger partial charge on any atom is 0.429 e. The summed E-state index contributed by atoms with van der Waals surface area (Å²) in [7, 11) is -5.10. The van der Waals surface area contributed by atoms with E-state index in [1.807, 2.05) is 20.8 Å². The topological polar surface area (TPSA) is 35.5 Å². The van der Waals surface area contributed by atoms with E-state index in [-0.39, 0.29) is 35.5 Å². The Kier molecular flexibility index (Phi) is 10.7. The van der Waals surface area contributed by atoms with Gasteiger partial charge in [0.15, 0.2) is 16.6 Å². The van der Waals surface area contributed by atoms with Crippen LogP contribution in [0.5, 0.6) is 0 Å². The van der Waals surface area contributed by atoms with Crippen LogP contribution < -0.4 is 0 Å². The molecule has 2 aliphatic carbocycles. The summed E-state index contributed by atoms with van der Waals surface area (Å²) in [6, 6.07) is 0. The first-order valence-corrected chi connectivity index (χ1v) is 21.7. The van der Waals surface area contributed by atoms with Crippen LogP contribution in [0.2, 0.25) is 39.3 Å². The molecule has 2 rings (SSSR count). The average molecular weight is 631 g/mol. The van der Waals surface area contributed by atoms with E-state index in [1.54, 1.807) is 0 Å². The Labute approximate surface area is 245 Å². The highest BCUT2D eigenvalue weighted by Crippen LogP contribution is 2.62. The third-order valence-electron chi connectivity index (χ3n) is 9.06. The van der Waals surface area contributed by atoms with Crippen molar-refractivity contribution in [2.75, 3.05) is 0 Å². The van der Waals surface area contributed by atoms with Crippen molar-refractivity contribution in [3.8, 4) is 0 Å². The van der Waals surface area contributed by atoms with Gasteiger partial charge in [-0.15, -0.1) is 0 Å². The van der Waals surface area contributed by atoms with Gasteiger partial charge in [-0.05, 0) is 121 Å². The predicted octanol–water partition coefficient (Wildman–Crippen LogP) is 10.2. The molecule has 240 valence electrons. The standard InChI is InChI=1S/C30H52F6O3Si2/c1-25(2,38-40(5,6)7)17-12-18-26(3,24-16-15-22-23(37)14-11-20-27(22,24)4)19-13-21-28(29(31,32)33,30(34,35)36)39-41(8,9)10/h13,21-22,24H,11-12,14-20H2,1-10H3/b21-13+/t22?,24?,26?,27-/m0/s1. The van der Waals surface area contributed by atoms with Gasteiger partial charge in [-0.2, -0.15) is 26.3 Å². The van der Waals surface area contributed by atoms with Gasteiger partial charge < -0.3 is 8.85 Å². The van der Waals surface area contributed by atoms with E-state index in [2.05, 4.69) is 26.6 Å². The Hall–Kier alpha value is -0.656. The molecule has 0 amide bonds. The molecule has 0 aromatic rings. The molecule has 0 aromatic carbocycles. The maximum atomic E-state index is 14.2. The van der Waals surface area contributed by atoms with Crippen molar-refractivity contribution in [2.24, 2.45) is 22.7 Å². The molecule has 0 spiro atoms. The fourth-order valence-electron chi connectivity index (χ4n) is 7.77. The first kappa shape index (κ1) is 36.5. The molecule has 0 aromatic heterocycles. The number of Topliss-reactive ketones (excluding diaryl/α,β-unsaturated/α-hetero) is 1. The van der Waals surface area contributed by atoms with Gasteiger partial charge >= 0.3 is 12.4 Å². The van der Waals surface area contributed by atoms with Gasteiger partial charge in [0.25, 0.3) is 5.60 Å². The number of carbonyl (C=O) groups excluding carboxylic acids is 1. The number of halogens is 6. The fourth-order valence-corrected chi connectivity index (χ4v) is 10.8. The number of carbonyl (C=O) groups is 1. The van der Waals surface area contributed by atoms with Crippen LogP contribution >= 0.6 is 0 Å². The van der Waals surface area contributed by atoms with Gasteiger partial charge in [-0.1, -0.05) is 26.3 Å². The van der Waals surface area contributed by atoms with Crippen LogP contribution in [0.25, 0.3) is 0 Å². The minimum atomic E-state index is -5.67. The van der Waals surface area contributed by atoms with Gasteiger partial charge in [-0.25, -0.2) is 0 Å². The molecule has 0 heterocycles. The Morgan fingerprint density at radius 3 is 1.90 bits per heavy atom. The molecule has 2 saturated carbocycles. The van der Waals surface area contributed by atoms with Crippen molar-refractivity contribution >= 4 is 22.4 Å². The summed E-state index contributed by atoms with van der Waals surface area (Å²) < 4.78 is 96.4. The Morgan fingerprint density at radius 1 is 0.878 bits per heavy atom. The molecule has 0 aliphatic heterocycles. The van der Waals surface area contributed by atoms with Crippen molar-refractivity contribution in [3.63, 3.8) is 0 Å². The van der Waals surface area contributed by atoms with Crippen LogP contribution in [0.3, 0.4) is 0 Å². The SMILES string of the molecule is CC(C)(CCCC(C)(C/C=C/C(O[Si](C)(C)C)(C(F)(F)F)C(F)(F)F)C1CCC2C(=O)CCC[C@@]21C)O[Si](C)(C)C. The van der Waals surface area contributed by atoms with E-state index in [1.165, 1.54) is 19.6 Å².